The average molecular weight is 409 g/mol. The minimum atomic E-state index is -4.65. The van der Waals surface area contributed by atoms with Crippen molar-refractivity contribution < 1.29 is 24.0 Å². The van der Waals surface area contributed by atoms with E-state index in [1.807, 2.05) is 0 Å². The van der Waals surface area contributed by atoms with Crippen LogP contribution in [0.25, 0.3) is 0 Å². The molecule has 5 nitrogen and oxygen atoms in total. The largest absolute Gasteiger partial charge is 0.472 e. The van der Waals surface area contributed by atoms with E-state index < -0.39 is 13.6 Å². The lowest BCUT2D eigenvalue weighted by Gasteiger charge is -2.26. The molecule has 0 bridgehead atoms. The van der Waals surface area contributed by atoms with E-state index in [1.54, 1.807) is 6.92 Å². The molecule has 0 radical (unpaired) electrons. The van der Waals surface area contributed by atoms with E-state index >= 15 is 0 Å². The van der Waals surface area contributed by atoms with Crippen molar-refractivity contribution in [3.63, 3.8) is 0 Å². The number of phosphoric ester groups is 1. The predicted octanol–water partition coefficient (Wildman–Crippen LogP) is 6.85. The van der Waals surface area contributed by atoms with Crippen LogP contribution in [0.15, 0.2) is 0 Å². The quantitative estimate of drug-likeness (QED) is 0.116. The Labute approximate surface area is 167 Å². The Morgan fingerprint density at radius 1 is 0.667 bits per heavy atom. The number of hydrogen-bond acceptors (Lipinski definition) is 3. The summed E-state index contributed by atoms with van der Waals surface area (Å²) in [6, 6.07) is 0. The zero-order valence-corrected chi connectivity index (χ0v) is 18.7. The molecule has 0 amide bonds. The van der Waals surface area contributed by atoms with Crippen molar-refractivity contribution in [3.8, 4) is 0 Å². The number of unbranched alkanes of at least 4 members (excludes halogenated alkanes) is 15. The van der Waals surface area contributed by atoms with Gasteiger partial charge in [0.05, 0.1) is 0 Å². The molecule has 0 saturated heterocycles. The summed E-state index contributed by atoms with van der Waals surface area (Å²) in [5, 5.41) is 10.1. The molecule has 0 aliphatic rings. The lowest BCUT2D eigenvalue weighted by molar-refractivity contribution is -0.157. The molecular formula is C21H45O5P. The van der Waals surface area contributed by atoms with Crippen LogP contribution in [0.2, 0.25) is 0 Å². The highest BCUT2D eigenvalue weighted by Gasteiger charge is 2.33. The van der Waals surface area contributed by atoms with Crippen LogP contribution in [0.5, 0.6) is 0 Å². The minimum Gasteiger partial charge on any atom is -0.365 e. The SMILES string of the molecule is CCCCCCCCCCCCCCCCCCC(O)(CC)OP(=O)(O)O. The van der Waals surface area contributed by atoms with Crippen LogP contribution >= 0.6 is 7.82 Å². The van der Waals surface area contributed by atoms with Crippen molar-refractivity contribution in [2.75, 3.05) is 0 Å². The molecule has 164 valence electrons. The zero-order valence-electron chi connectivity index (χ0n) is 17.8. The van der Waals surface area contributed by atoms with Gasteiger partial charge in [-0.1, -0.05) is 110 Å². The lowest BCUT2D eigenvalue weighted by Crippen LogP contribution is -2.30. The van der Waals surface area contributed by atoms with Gasteiger partial charge in [0.1, 0.15) is 0 Å². The number of rotatable bonds is 20. The molecule has 0 aromatic carbocycles. The van der Waals surface area contributed by atoms with Gasteiger partial charge >= 0.3 is 7.82 Å². The van der Waals surface area contributed by atoms with Gasteiger partial charge in [-0.05, 0) is 12.8 Å². The van der Waals surface area contributed by atoms with Gasteiger partial charge in [0, 0.05) is 6.42 Å². The first-order valence-electron chi connectivity index (χ1n) is 11.3. The van der Waals surface area contributed by atoms with Crippen LogP contribution < -0.4 is 0 Å². The Bertz CT molecular complexity index is 372. The first-order chi connectivity index (χ1) is 12.8. The summed E-state index contributed by atoms with van der Waals surface area (Å²) in [6.07, 6.45) is 20.8. The molecule has 0 rings (SSSR count). The second-order valence-corrected chi connectivity index (χ2v) is 9.10. The van der Waals surface area contributed by atoms with Crippen LogP contribution in [0, 0.1) is 0 Å². The van der Waals surface area contributed by atoms with Crippen LogP contribution in [-0.4, -0.2) is 20.7 Å². The fourth-order valence-corrected chi connectivity index (χ4v) is 4.12. The molecular weight excluding hydrogens is 363 g/mol. The maximum Gasteiger partial charge on any atom is 0.472 e. The molecule has 1 unspecified atom stereocenters. The zero-order chi connectivity index (χ0) is 20.4. The minimum absolute atomic E-state index is 0.177. The molecule has 0 fully saturated rings. The van der Waals surface area contributed by atoms with Gasteiger partial charge in [-0.3, -0.25) is 4.52 Å². The summed E-state index contributed by atoms with van der Waals surface area (Å²) in [6.45, 7) is 3.93. The van der Waals surface area contributed by atoms with Crippen molar-refractivity contribution in [1.29, 1.82) is 0 Å². The number of phosphoric acid groups is 1. The van der Waals surface area contributed by atoms with Gasteiger partial charge in [0.2, 0.25) is 0 Å². The van der Waals surface area contributed by atoms with Gasteiger partial charge in [-0.15, -0.1) is 0 Å². The molecule has 0 aliphatic heterocycles. The normalized spacial score (nSPS) is 14.4. The van der Waals surface area contributed by atoms with Crippen molar-refractivity contribution >= 4 is 7.82 Å². The van der Waals surface area contributed by atoms with Crippen LogP contribution in [-0.2, 0) is 9.09 Å². The van der Waals surface area contributed by atoms with Crippen molar-refractivity contribution in [1.82, 2.24) is 0 Å². The topological polar surface area (TPSA) is 87.0 Å². The molecule has 6 heteroatoms. The van der Waals surface area contributed by atoms with Crippen LogP contribution in [0.3, 0.4) is 0 Å². The van der Waals surface area contributed by atoms with E-state index in [1.165, 1.54) is 83.5 Å². The molecule has 0 saturated carbocycles. The molecule has 0 aromatic heterocycles. The van der Waals surface area contributed by atoms with E-state index in [2.05, 4.69) is 11.4 Å². The highest BCUT2D eigenvalue weighted by atomic mass is 31.2. The highest BCUT2D eigenvalue weighted by Crippen LogP contribution is 2.43. The highest BCUT2D eigenvalue weighted by molar-refractivity contribution is 7.46. The summed E-state index contributed by atoms with van der Waals surface area (Å²) in [5.74, 6) is -1.70. The monoisotopic (exact) mass is 408 g/mol. The van der Waals surface area contributed by atoms with E-state index in [-0.39, 0.29) is 12.8 Å². The van der Waals surface area contributed by atoms with Gasteiger partial charge in [0.25, 0.3) is 0 Å². The molecule has 0 aromatic rings. The van der Waals surface area contributed by atoms with E-state index in [0.717, 1.165) is 19.3 Å². The Morgan fingerprint density at radius 3 is 1.30 bits per heavy atom. The standard InChI is InChI=1S/C21H45O5P/c1-3-5-6-7-8-9-10-11-12-13-14-15-16-17-18-19-20-21(22,4-2)26-27(23,24)25/h22H,3-20H2,1-2H3,(H2,23,24,25). The summed E-state index contributed by atoms with van der Waals surface area (Å²) in [7, 11) is -4.65. The van der Waals surface area contributed by atoms with Crippen LogP contribution in [0.1, 0.15) is 129 Å². The molecule has 27 heavy (non-hydrogen) atoms. The van der Waals surface area contributed by atoms with Gasteiger partial charge in [-0.2, -0.15) is 0 Å². The first kappa shape index (κ1) is 27.1. The Hall–Kier alpha value is 0.0700. The third kappa shape index (κ3) is 19.2. The summed E-state index contributed by atoms with van der Waals surface area (Å²) in [5.41, 5.74) is 0. The Balaban J connectivity index is 3.37. The maximum atomic E-state index is 10.9. The van der Waals surface area contributed by atoms with Gasteiger partial charge in [0.15, 0.2) is 5.79 Å². The number of aliphatic hydroxyl groups is 1. The molecule has 3 N–H and O–H groups in total. The summed E-state index contributed by atoms with van der Waals surface area (Å²) in [4.78, 5) is 17.7. The average Bonchev–Trinajstić information content (AvgIpc) is 2.60. The Kier molecular flexibility index (Phi) is 17.0. The van der Waals surface area contributed by atoms with Crippen molar-refractivity contribution in [2.24, 2.45) is 0 Å². The smallest absolute Gasteiger partial charge is 0.365 e. The lowest BCUT2D eigenvalue weighted by atomic mass is 10.0. The molecule has 0 heterocycles. The second kappa shape index (κ2) is 17.0. The molecule has 0 spiro atoms. The van der Waals surface area contributed by atoms with Crippen molar-refractivity contribution in [3.05, 3.63) is 0 Å². The fraction of sp³-hybridized carbons (Fsp3) is 1.00. The second-order valence-electron chi connectivity index (χ2n) is 7.93. The summed E-state index contributed by atoms with van der Waals surface area (Å²) < 4.78 is 15.4. The third-order valence-corrected chi connectivity index (χ3v) is 5.84. The van der Waals surface area contributed by atoms with E-state index in [0.29, 0.717) is 0 Å². The Morgan fingerprint density at radius 2 is 1.00 bits per heavy atom. The molecule has 0 aliphatic carbocycles. The van der Waals surface area contributed by atoms with E-state index in [4.69, 9.17) is 9.79 Å². The predicted molar refractivity (Wildman–Crippen MR) is 113 cm³/mol. The van der Waals surface area contributed by atoms with Crippen LogP contribution in [0.4, 0.5) is 0 Å². The maximum absolute atomic E-state index is 10.9. The fourth-order valence-electron chi connectivity index (χ4n) is 3.46. The third-order valence-electron chi connectivity index (χ3n) is 5.26. The number of hydrogen-bond donors (Lipinski definition) is 3. The van der Waals surface area contributed by atoms with Crippen molar-refractivity contribution in [2.45, 2.75) is 135 Å². The first-order valence-corrected chi connectivity index (χ1v) is 12.8. The van der Waals surface area contributed by atoms with Gasteiger partial charge < -0.3 is 14.9 Å². The summed E-state index contributed by atoms with van der Waals surface area (Å²) >= 11 is 0. The van der Waals surface area contributed by atoms with Gasteiger partial charge in [-0.25, -0.2) is 4.57 Å². The molecule has 1 atom stereocenters. The van der Waals surface area contributed by atoms with E-state index in [9.17, 15) is 9.67 Å².